The molecule has 1 saturated heterocycles. The number of aromatic nitrogens is 2. The highest BCUT2D eigenvalue weighted by Gasteiger charge is 2.33. The van der Waals surface area contributed by atoms with Gasteiger partial charge in [0.15, 0.2) is 0 Å². The zero-order valence-corrected chi connectivity index (χ0v) is 11.5. The second-order valence-electron chi connectivity index (χ2n) is 4.33. The summed E-state index contributed by atoms with van der Waals surface area (Å²) in [6.45, 7) is 3.05. The van der Waals surface area contributed by atoms with Gasteiger partial charge in [-0.05, 0) is 6.92 Å². The molecule has 1 aromatic heterocycles. The van der Waals surface area contributed by atoms with Crippen molar-refractivity contribution in [1.82, 2.24) is 9.78 Å². The third-order valence-corrected chi connectivity index (χ3v) is 4.14. The molecule has 1 aliphatic heterocycles. The number of carbonyl (C=O) groups excluding carboxylic acids is 1. The molecule has 8 heteroatoms. The number of rotatable bonds is 4. The van der Waals surface area contributed by atoms with E-state index in [-0.39, 0.29) is 24.0 Å². The lowest BCUT2D eigenvalue weighted by Gasteiger charge is -2.13. The minimum Gasteiger partial charge on any atom is -0.309 e. The van der Waals surface area contributed by atoms with Crippen LogP contribution < -0.4 is 4.90 Å². The molecule has 1 unspecified atom stereocenters. The van der Waals surface area contributed by atoms with E-state index in [4.69, 9.17) is 10.7 Å². The van der Waals surface area contributed by atoms with E-state index in [1.54, 1.807) is 22.0 Å². The summed E-state index contributed by atoms with van der Waals surface area (Å²) in [6.07, 6.45) is 3.59. The minimum atomic E-state index is -3.56. The van der Waals surface area contributed by atoms with Gasteiger partial charge in [-0.2, -0.15) is 5.10 Å². The Morgan fingerprint density at radius 2 is 2.28 bits per heavy atom. The van der Waals surface area contributed by atoms with Crippen molar-refractivity contribution >= 4 is 31.3 Å². The number of halogens is 1. The van der Waals surface area contributed by atoms with E-state index in [0.717, 1.165) is 6.54 Å². The monoisotopic (exact) mass is 291 g/mol. The summed E-state index contributed by atoms with van der Waals surface area (Å²) < 4.78 is 23.7. The maximum absolute atomic E-state index is 11.8. The van der Waals surface area contributed by atoms with E-state index in [0.29, 0.717) is 12.2 Å². The van der Waals surface area contributed by atoms with Gasteiger partial charge in [-0.1, -0.05) is 0 Å². The summed E-state index contributed by atoms with van der Waals surface area (Å²) in [5.74, 6) is -0.500. The lowest BCUT2D eigenvalue weighted by molar-refractivity contribution is -0.117. The standard InChI is InChI=1S/C10H14ClN3O3S/c1-2-13-6-9(4-12-13)14-5-8(3-10(14)15)7-18(11,16)17/h4,6,8H,2-3,5,7H2,1H3. The SMILES string of the molecule is CCn1cc(N2CC(CS(=O)(=O)Cl)CC2=O)cn1. The number of hydrogen-bond acceptors (Lipinski definition) is 4. The van der Waals surface area contributed by atoms with Gasteiger partial charge < -0.3 is 4.90 Å². The Labute approximate surface area is 110 Å². The van der Waals surface area contributed by atoms with Crippen molar-refractivity contribution in [3.8, 4) is 0 Å². The predicted octanol–water partition coefficient (Wildman–Crippen LogP) is 0.825. The van der Waals surface area contributed by atoms with Crippen LogP contribution in [0.4, 0.5) is 5.69 Å². The highest BCUT2D eigenvalue weighted by Crippen LogP contribution is 2.26. The molecule has 0 radical (unpaired) electrons. The fraction of sp³-hybridized carbons (Fsp3) is 0.600. The van der Waals surface area contributed by atoms with Crippen molar-refractivity contribution < 1.29 is 13.2 Å². The molecule has 1 fully saturated rings. The van der Waals surface area contributed by atoms with Gasteiger partial charge in [-0.25, -0.2) is 8.42 Å². The van der Waals surface area contributed by atoms with Crippen LogP contribution >= 0.6 is 10.7 Å². The quantitative estimate of drug-likeness (QED) is 0.770. The van der Waals surface area contributed by atoms with Crippen LogP contribution in [0.15, 0.2) is 12.4 Å². The Bertz CT molecular complexity index is 554. The van der Waals surface area contributed by atoms with Crippen LogP contribution in [0.25, 0.3) is 0 Å². The second kappa shape index (κ2) is 4.89. The first-order chi connectivity index (χ1) is 8.39. The molecule has 0 N–H and O–H groups in total. The number of aryl methyl sites for hydroxylation is 1. The van der Waals surface area contributed by atoms with E-state index in [1.807, 2.05) is 6.92 Å². The van der Waals surface area contributed by atoms with Crippen molar-refractivity contribution in [3.63, 3.8) is 0 Å². The van der Waals surface area contributed by atoms with Gasteiger partial charge in [0, 0.05) is 42.3 Å². The predicted molar refractivity (Wildman–Crippen MR) is 68.0 cm³/mol. The molecule has 1 aliphatic rings. The van der Waals surface area contributed by atoms with Gasteiger partial charge in [0.05, 0.1) is 17.6 Å². The maximum atomic E-state index is 11.8. The van der Waals surface area contributed by atoms with Crippen LogP contribution in [0.2, 0.25) is 0 Å². The fourth-order valence-electron chi connectivity index (χ4n) is 2.09. The van der Waals surface area contributed by atoms with Gasteiger partial charge in [-0.3, -0.25) is 9.48 Å². The lowest BCUT2D eigenvalue weighted by atomic mass is 10.1. The molecule has 1 aromatic rings. The van der Waals surface area contributed by atoms with Crippen LogP contribution in [-0.2, 0) is 20.4 Å². The Balaban J connectivity index is 2.09. The topological polar surface area (TPSA) is 72.3 Å². The lowest BCUT2D eigenvalue weighted by Crippen LogP contribution is -2.24. The third-order valence-electron chi connectivity index (χ3n) is 2.90. The van der Waals surface area contributed by atoms with Crippen LogP contribution in [0, 0.1) is 5.92 Å². The van der Waals surface area contributed by atoms with E-state index < -0.39 is 9.05 Å². The molecule has 2 heterocycles. The molecule has 100 valence electrons. The molecule has 1 amide bonds. The third kappa shape index (κ3) is 3.02. The number of nitrogens with zero attached hydrogens (tertiary/aromatic N) is 3. The molecule has 1 atom stereocenters. The average molecular weight is 292 g/mol. The first-order valence-electron chi connectivity index (χ1n) is 5.64. The van der Waals surface area contributed by atoms with Gasteiger partial charge in [0.1, 0.15) is 0 Å². The Kier molecular flexibility index (Phi) is 3.63. The summed E-state index contributed by atoms with van der Waals surface area (Å²) >= 11 is 0. The maximum Gasteiger partial charge on any atom is 0.232 e. The van der Waals surface area contributed by atoms with Gasteiger partial charge in [-0.15, -0.1) is 0 Å². The smallest absolute Gasteiger partial charge is 0.232 e. The summed E-state index contributed by atoms with van der Waals surface area (Å²) in [7, 11) is 1.64. The number of anilines is 1. The first kappa shape index (κ1) is 13.4. The molecule has 18 heavy (non-hydrogen) atoms. The van der Waals surface area contributed by atoms with Crippen molar-refractivity contribution in [3.05, 3.63) is 12.4 Å². The molecule has 0 bridgehead atoms. The van der Waals surface area contributed by atoms with E-state index in [2.05, 4.69) is 5.10 Å². The zero-order chi connectivity index (χ0) is 13.3. The van der Waals surface area contributed by atoms with Crippen molar-refractivity contribution in [2.24, 2.45) is 5.92 Å². The van der Waals surface area contributed by atoms with Crippen molar-refractivity contribution in [2.75, 3.05) is 17.2 Å². The summed E-state index contributed by atoms with van der Waals surface area (Å²) in [5.41, 5.74) is 0.705. The average Bonchev–Trinajstić information content (AvgIpc) is 2.82. The molecule has 0 spiro atoms. The first-order valence-corrected chi connectivity index (χ1v) is 8.12. The zero-order valence-electron chi connectivity index (χ0n) is 9.91. The number of carbonyl (C=O) groups is 1. The van der Waals surface area contributed by atoms with Crippen LogP contribution in [-0.4, -0.2) is 36.4 Å². The molecule has 0 saturated carbocycles. The Morgan fingerprint density at radius 1 is 1.56 bits per heavy atom. The highest BCUT2D eigenvalue weighted by molar-refractivity contribution is 8.13. The summed E-state index contributed by atoms with van der Waals surface area (Å²) in [5, 5.41) is 4.09. The van der Waals surface area contributed by atoms with Crippen LogP contribution in [0.3, 0.4) is 0 Å². The van der Waals surface area contributed by atoms with E-state index in [9.17, 15) is 13.2 Å². The normalized spacial score (nSPS) is 20.7. The largest absolute Gasteiger partial charge is 0.309 e. The van der Waals surface area contributed by atoms with Gasteiger partial charge in [0.2, 0.25) is 15.0 Å². The van der Waals surface area contributed by atoms with Gasteiger partial charge in [0.25, 0.3) is 0 Å². The number of hydrogen-bond donors (Lipinski definition) is 0. The second-order valence-corrected chi connectivity index (χ2v) is 7.16. The van der Waals surface area contributed by atoms with E-state index in [1.165, 1.54) is 0 Å². The molecular formula is C10H14ClN3O3S. The Morgan fingerprint density at radius 3 is 2.83 bits per heavy atom. The van der Waals surface area contributed by atoms with E-state index >= 15 is 0 Å². The molecular weight excluding hydrogens is 278 g/mol. The molecule has 0 aliphatic carbocycles. The Hall–Kier alpha value is -1.08. The molecule has 2 rings (SSSR count). The fourth-order valence-corrected chi connectivity index (χ4v) is 3.41. The minimum absolute atomic E-state index is 0.0871. The van der Waals surface area contributed by atoms with Crippen molar-refractivity contribution in [2.45, 2.75) is 19.9 Å². The highest BCUT2D eigenvalue weighted by atomic mass is 35.7. The number of amides is 1. The van der Waals surface area contributed by atoms with Gasteiger partial charge >= 0.3 is 0 Å². The van der Waals surface area contributed by atoms with Crippen molar-refractivity contribution in [1.29, 1.82) is 0 Å². The summed E-state index contributed by atoms with van der Waals surface area (Å²) in [6, 6.07) is 0. The molecule has 0 aromatic carbocycles. The molecule has 6 nitrogen and oxygen atoms in total. The van der Waals surface area contributed by atoms with Crippen LogP contribution in [0.1, 0.15) is 13.3 Å². The van der Waals surface area contributed by atoms with Crippen LogP contribution in [0.5, 0.6) is 0 Å². The summed E-state index contributed by atoms with van der Waals surface area (Å²) in [4.78, 5) is 13.4.